The fraction of sp³-hybridized carbons (Fsp3) is 0.125. The zero-order valence-electron chi connectivity index (χ0n) is 12.1. The summed E-state index contributed by atoms with van der Waals surface area (Å²) in [6.07, 6.45) is 7.57. The lowest BCUT2D eigenvalue weighted by atomic mass is 10.2. The number of H-pyrrole nitrogens is 1. The van der Waals surface area contributed by atoms with Crippen molar-refractivity contribution >= 4 is 34.6 Å². The lowest BCUT2D eigenvalue weighted by Gasteiger charge is -2.08. The molecule has 0 aliphatic carbocycles. The maximum atomic E-state index is 11.2. The minimum absolute atomic E-state index is 0.460. The Morgan fingerprint density at radius 1 is 1.22 bits per heavy atom. The van der Waals surface area contributed by atoms with Gasteiger partial charge in [-0.25, -0.2) is 14.8 Å². The molecule has 2 N–H and O–H groups in total. The Kier molecular flexibility index (Phi) is 3.23. The van der Waals surface area contributed by atoms with Crippen molar-refractivity contribution in [1.82, 2.24) is 15.0 Å². The molecule has 114 valence electrons. The number of hydrogen-bond donors (Lipinski definition) is 2. The van der Waals surface area contributed by atoms with Crippen molar-refractivity contribution in [1.29, 1.82) is 0 Å². The summed E-state index contributed by atoms with van der Waals surface area (Å²) < 4.78 is 5.04. The first-order valence-corrected chi connectivity index (χ1v) is 7.24. The van der Waals surface area contributed by atoms with Crippen LogP contribution in [0, 0.1) is 0 Å². The number of benzene rings is 1. The predicted octanol–water partition coefficient (Wildman–Crippen LogP) is 2.86. The van der Waals surface area contributed by atoms with Crippen LogP contribution in [0.2, 0.25) is 0 Å². The highest BCUT2D eigenvalue weighted by Crippen LogP contribution is 2.21. The molecule has 3 aromatic rings. The largest absolute Gasteiger partial charge is 0.417 e. The fourth-order valence-electron chi connectivity index (χ4n) is 2.39. The van der Waals surface area contributed by atoms with E-state index in [1.165, 1.54) is 0 Å². The molecule has 7 nitrogen and oxygen atoms in total. The van der Waals surface area contributed by atoms with Gasteiger partial charge in [-0.05, 0) is 31.0 Å². The van der Waals surface area contributed by atoms with Gasteiger partial charge in [-0.3, -0.25) is 9.98 Å². The van der Waals surface area contributed by atoms with E-state index in [0.29, 0.717) is 17.0 Å². The van der Waals surface area contributed by atoms with E-state index >= 15 is 0 Å². The van der Waals surface area contributed by atoms with Crippen LogP contribution in [-0.2, 0) is 0 Å². The van der Waals surface area contributed by atoms with E-state index in [9.17, 15) is 4.79 Å². The molecule has 1 aromatic carbocycles. The van der Waals surface area contributed by atoms with Crippen LogP contribution in [0.25, 0.3) is 16.8 Å². The Balaban J connectivity index is 1.63. The highest BCUT2D eigenvalue weighted by molar-refractivity contribution is 5.78. The molecule has 23 heavy (non-hydrogen) atoms. The lowest BCUT2D eigenvalue weighted by molar-refractivity contribution is 0.555. The first-order valence-electron chi connectivity index (χ1n) is 7.24. The number of fused-ring (bicyclic) bond motifs is 1. The van der Waals surface area contributed by atoms with Crippen LogP contribution >= 0.6 is 0 Å². The molecule has 0 atom stereocenters. The van der Waals surface area contributed by atoms with Crippen molar-refractivity contribution < 1.29 is 4.42 Å². The number of oxazole rings is 1. The van der Waals surface area contributed by atoms with Crippen molar-refractivity contribution in [3.05, 3.63) is 52.8 Å². The van der Waals surface area contributed by atoms with Crippen molar-refractivity contribution in [2.24, 2.45) is 4.99 Å². The minimum Gasteiger partial charge on any atom is -0.408 e. The second-order valence-electron chi connectivity index (χ2n) is 5.09. The Morgan fingerprint density at radius 2 is 2.17 bits per heavy atom. The van der Waals surface area contributed by atoms with Gasteiger partial charge in [-0.15, -0.1) is 0 Å². The van der Waals surface area contributed by atoms with Gasteiger partial charge in [0.1, 0.15) is 0 Å². The molecule has 0 spiro atoms. The maximum Gasteiger partial charge on any atom is 0.417 e. The number of aromatic amines is 1. The topological polar surface area (TPSA) is 96.2 Å². The van der Waals surface area contributed by atoms with Crippen LogP contribution in [0.5, 0.6) is 0 Å². The summed E-state index contributed by atoms with van der Waals surface area (Å²) in [6.45, 7) is 0. The molecular formula is C16H13N5O2. The minimum atomic E-state index is -0.475. The second kappa shape index (κ2) is 5.53. The molecule has 0 saturated heterocycles. The standard InChI is InChI=1S/C16H13N5O2/c22-16-21-13-5-4-10(9-14(13)23-16)19-15-18-8-6-12(20-15)11-3-1-2-7-17-11/h3-9H,1-2H2,(H,21,22)(H,18,19,20). The molecule has 0 radical (unpaired) electrons. The molecule has 0 amide bonds. The highest BCUT2D eigenvalue weighted by atomic mass is 16.4. The molecule has 4 rings (SSSR count). The van der Waals surface area contributed by atoms with E-state index in [0.717, 1.165) is 29.9 Å². The summed E-state index contributed by atoms with van der Waals surface area (Å²) in [5.41, 5.74) is 3.49. The molecule has 7 heteroatoms. The smallest absolute Gasteiger partial charge is 0.408 e. The average molecular weight is 307 g/mol. The highest BCUT2D eigenvalue weighted by Gasteiger charge is 2.07. The molecule has 0 saturated carbocycles. The number of nitrogens with one attached hydrogen (secondary N) is 2. The zero-order valence-corrected chi connectivity index (χ0v) is 12.1. The number of aliphatic imine (C=N–C) groups is 1. The number of nitrogens with zero attached hydrogens (tertiary/aromatic N) is 3. The number of anilines is 2. The lowest BCUT2D eigenvalue weighted by Crippen LogP contribution is -2.00. The Morgan fingerprint density at radius 3 is 3.04 bits per heavy atom. The van der Waals surface area contributed by atoms with Gasteiger partial charge >= 0.3 is 5.76 Å². The van der Waals surface area contributed by atoms with Gasteiger partial charge < -0.3 is 9.73 Å². The van der Waals surface area contributed by atoms with E-state index < -0.39 is 5.76 Å². The summed E-state index contributed by atoms with van der Waals surface area (Å²) in [6, 6.07) is 7.14. The third-order valence-electron chi connectivity index (χ3n) is 3.46. The molecule has 1 aliphatic rings. The molecule has 2 aromatic heterocycles. The summed E-state index contributed by atoms with van der Waals surface area (Å²) >= 11 is 0. The van der Waals surface area contributed by atoms with Crippen molar-refractivity contribution in [2.45, 2.75) is 12.8 Å². The van der Waals surface area contributed by atoms with Gasteiger partial charge in [0.05, 0.1) is 16.9 Å². The predicted molar refractivity (Wildman–Crippen MR) is 87.9 cm³/mol. The maximum absolute atomic E-state index is 11.2. The summed E-state index contributed by atoms with van der Waals surface area (Å²) in [7, 11) is 0. The first kappa shape index (κ1) is 13.4. The zero-order chi connectivity index (χ0) is 15.6. The van der Waals surface area contributed by atoms with E-state index in [4.69, 9.17) is 4.42 Å². The van der Waals surface area contributed by atoms with Gasteiger partial charge in [0.2, 0.25) is 5.95 Å². The van der Waals surface area contributed by atoms with Crippen molar-refractivity contribution in [3.63, 3.8) is 0 Å². The molecule has 1 aliphatic heterocycles. The summed E-state index contributed by atoms with van der Waals surface area (Å²) in [5, 5.41) is 3.11. The van der Waals surface area contributed by atoms with E-state index in [1.807, 2.05) is 18.3 Å². The van der Waals surface area contributed by atoms with Gasteiger partial charge in [0, 0.05) is 24.2 Å². The Bertz CT molecular complexity index is 983. The second-order valence-corrected chi connectivity index (χ2v) is 5.09. The quantitative estimate of drug-likeness (QED) is 0.775. The Labute approximate surface area is 130 Å². The van der Waals surface area contributed by atoms with Crippen LogP contribution in [0.15, 0.2) is 50.7 Å². The van der Waals surface area contributed by atoms with E-state index in [2.05, 4.69) is 31.3 Å². The monoisotopic (exact) mass is 307 g/mol. The molecule has 3 heterocycles. The van der Waals surface area contributed by atoms with E-state index in [-0.39, 0.29) is 0 Å². The first-order chi connectivity index (χ1) is 11.3. The Hall–Kier alpha value is -3.22. The van der Waals surface area contributed by atoms with Crippen LogP contribution < -0.4 is 11.1 Å². The van der Waals surface area contributed by atoms with Gasteiger partial charge in [-0.1, -0.05) is 6.08 Å². The van der Waals surface area contributed by atoms with Crippen LogP contribution in [0.1, 0.15) is 18.5 Å². The van der Waals surface area contributed by atoms with Gasteiger partial charge in [0.25, 0.3) is 0 Å². The van der Waals surface area contributed by atoms with Crippen molar-refractivity contribution in [2.75, 3.05) is 5.32 Å². The fourth-order valence-corrected chi connectivity index (χ4v) is 2.39. The number of hydrogen-bond acceptors (Lipinski definition) is 6. The van der Waals surface area contributed by atoms with Crippen molar-refractivity contribution in [3.8, 4) is 0 Å². The van der Waals surface area contributed by atoms with Gasteiger partial charge in [-0.2, -0.15) is 0 Å². The van der Waals surface area contributed by atoms with Gasteiger partial charge in [0.15, 0.2) is 5.58 Å². The molecule has 0 fully saturated rings. The molecular weight excluding hydrogens is 294 g/mol. The summed E-state index contributed by atoms with van der Waals surface area (Å²) in [5.74, 6) is -0.0149. The normalized spacial score (nSPS) is 14.0. The third kappa shape index (κ3) is 2.76. The van der Waals surface area contributed by atoms with Crippen LogP contribution in [0.3, 0.4) is 0 Å². The van der Waals surface area contributed by atoms with E-state index in [1.54, 1.807) is 18.3 Å². The number of rotatable bonds is 3. The molecule has 0 bridgehead atoms. The SMILES string of the molecule is O=c1[nH]c2ccc(Nc3nccc(C4=CCCC=N4)n3)cc2o1. The summed E-state index contributed by atoms with van der Waals surface area (Å²) in [4.78, 5) is 26.8. The van der Waals surface area contributed by atoms with Crippen LogP contribution in [-0.4, -0.2) is 21.2 Å². The third-order valence-corrected chi connectivity index (χ3v) is 3.46. The average Bonchev–Trinajstić information content (AvgIpc) is 2.95. The number of allylic oxidation sites excluding steroid dienone is 1. The molecule has 0 unspecified atom stereocenters. The van der Waals surface area contributed by atoms with Crippen LogP contribution in [0.4, 0.5) is 11.6 Å². The number of aromatic nitrogens is 3.